The van der Waals surface area contributed by atoms with Gasteiger partial charge >= 0.3 is 0 Å². The minimum Gasteiger partial charge on any atom is -0.384 e. The highest BCUT2D eigenvalue weighted by Crippen LogP contribution is 2.34. The van der Waals surface area contributed by atoms with E-state index in [9.17, 15) is 0 Å². The molecule has 4 aromatic rings. The van der Waals surface area contributed by atoms with Crippen LogP contribution in [0.2, 0.25) is 0 Å². The lowest BCUT2D eigenvalue weighted by molar-refractivity contribution is 1.02. The molecule has 4 N–H and O–H groups in total. The first-order valence-electron chi connectivity index (χ1n) is 7.76. The molecule has 4 rings (SSSR count). The van der Waals surface area contributed by atoms with Crippen LogP contribution in [0.1, 0.15) is 0 Å². The lowest BCUT2D eigenvalue weighted by Crippen LogP contribution is -2.12. The van der Waals surface area contributed by atoms with E-state index in [2.05, 4.69) is 63.8 Å². The molecule has 0 aliphatic heterocycles. The average molecular weight is 302 g/mol. The summed E-state index contributed by atoms with van der Waals surface area (Å²) in [5.41, 5.74) is 11.0. The molecule has 0 aliphatic carbocycles. The number of nitrogens with two attached hydrogens (primary N) is 1. The van der Waals surface area contributed by atoms with Crippen molar-refractivity contribution in [1.29, 1.82) is 0 Å². The van der Waals surface area contributed by atoms with Gasteiger partial charge in [0.25, 0.3) is 0 Å². The SMILES string of the molecule is NCCNc1cccc(-c2ccnc3[nH]c4ccccc4c23)c1. The molecule has 2 aromatic heterocycles. The summed E-state index contributed by atoms with van der Waals surface area (Å²) >= 11 is 0. The topological polar surface area (TPSA) is 66.7 Å². The fraction of sp³-hybridized carbons (Fsp3) is 0.105. The predicted octanol–water partition coefficient (Wildman–Crippen LogP) is 3.75. The van der Waals surface area contributed by atoms with Crippen molar-refractivity contribution in [1.82, 2.24) is 9.97 Å². The van der Waals surface area contributed by atoms with Crippen molar-refractivity contribution in [3.05, 3.63) is 60.8 Å². The molecule has 0 spiro atoms. The minimum atomic E-state index is 0.617. The molecule has 0 unspecified atom stereocenters. The number of anilines is 1. The minimum absolute atomic E-state index is 0.617. The third kappa shape index (κ3) is 2.43. The number of aromatic amines is 1. The maximum Gasteiger partial charge on any atom is 0.138 e. The Morgan fingerprint density at radius 2 is 1.96 bits per heavy atom. The van der Waals surface area contributed by atoms with E-state index in [1.165, 1.54) is 21.9 Å². The van der Waals surface area contributed by atoms with Crippen molar-refractivity contribution >= 4 is 27.6 Å². The Morgan fingerprint density at radius 3 is 2.87 bits per heavy atom. The van der Waals surface area contributed by atoms with Crippen molar-refractivity contribution in [2.75, 3.05) is 18.4 Å². The van der Waals surface area contributed by atoms with E-state index in [1.807, 2.05) is 12.3 Å². The lowest BCUT2D eigenvalue weighted by Gasteiger charge is -2.08. The second kappa shape index (κ2) is 5.74. The number of hydrogen-bond acceptors (Lipinski definition) is 3. The van der Waals surface area contributed by atoms with Crippen LogP contribution in [0.3, 0.4) is 0 Å². The number of aromatic nitrogens is 2. The zero-order chi connectivity index (χ0) is 15.6. The number of benzene rings is 2. The largest absolute Gasteiger partial charge is 0.384 e. The molecule has 0 saturated carbocycles. The molecule has 2 heterocycles. The molecule has 0 aliphatic rings. The van der Waals surface area contributed by atoms with E-state index in [-0.39, 0.29) is 0 Å². The zero-order valence-electron chi connectivity index (χ0n) is 12.7. The van der Waals surface area contributed by atoms with E-state index in [0.29, 0.717) is 6.54 Å². The Balaban J connectivity index is 1.92. The van der Waals surface area contributed by atoms with Crippen molar-refractivity contribution in [2.24, 2.45) is 5.73 Å². The van der Waals surface area contributed by atoms with Crippen LogP contribution in [-0.2, 0) is 0 Å². The molecule has 0 saturated heterocycles. The fourth-order valence-electron chi connectivity index (χ4n) is 3.02. The van der Waals surface area contributed by atoms with Crippen LogP contribution in [0.5, 0.6) is 0 Å². The molecule has 0 atom stereocenters. The first kappa shape index (κ1) is 13.8. The van der Waals surface area contributed by atoms with Crippen molar-refractivity contribution in [3.8, 4) is 11.1 Å². The summed E-state index contributed by atoms with van der Waals surface area (Å²) in [5.74, 6) is 0. The number of pyridine rings is 1. The number of H-pyrrole nitrogens is 1. The van der Waals surface area contributed by atoms with Gasteiger partial charge in [0, 0.05) is 41.3 Å². The van der Waals surface area contributed by atoms with Crippen LogP contribution in [0.15, 0.2) is 60.8 Å². The van der Waals surface area contributed by atoms with E-state index in [0.717, 1.165) is 23.4 Å². The number of nitrogens with one attached hydrogen (secondary N) is 2. The van der Waals surface area contributed by atoms with Crippen LogP contribution < -0.4 is 11.1 Å². The Labute approximate surface area is 134 Å². The normalized spacial score (nSPS) is 11.2. The van der Waals surface area contributed by atoms with Crippen LogP contribution in [0.4, 0.5) is 5.69 Å². The van der Waals surface area contributed by atoms with Crippen LogP contribution >= 0.6 is 0 Å². The summed E-state index contributed by atoms with van der Waals surface area (Å²) < 4.78 is 0. The van der Waals surface area contributed by atoms with Gasteiger partial charge < -0.3 is 16.0 Å². The summed E-state index contributed by atoms with van der Waals surface area (Å²) in [5, 5.41) is 5.70. The first-order valence-corrected chi connectivity index (χ1v) is 7.76. The molecular weight excluding hydrogens is 284 g/mol. The van der Waals surface area contributed by atoms with Crippen LogP contribution in [-0.4, -0.2) is 23.1 Å². The molecule has 0 fully saturated rings. The molecule has 0 amide bonds. The number of para-hydroxylation sites is 1. The van der Waals surface area contributed by atoms with Crippen molar-refractivity contribution in [3.63, 3.8) is 0 Å². The molecular formula is C19H18N4. The summed E-state index contributed by atoms with van der Waals surface area (Å²) in [6.07, 6.45) is 1.85. The van der Waals surface area contributed by atoms with Gasteiger partial charge in [0.2, 0.25) is 0 Å². The number of fused-ring (bicyclic) bond motifs is 3. The number of rotatable bonds is 4. The van der Waals surface area contributed by atoms with E-state index < -0.39 is 0 Å². The summed E-state index contributed by atoms with van der Waals surface area (Å²) in [6, 6.07) is 18.8. The first-order chi connectivity index (χ1) is 11.4. The quantitative estimate of drug-likeness (QED) is 0.538. The van der Waals surface area contributed by atoms with Gasteiger partial charge in [-0.15, -0.1) is 0 Å². The van der Waals surface area contributed by atoms with E-state index in [4.69, 9.17) is 5.73 Å². The molecule has 4 heteroatoms. The Bertz CT molecular complexity index is 971. The number of hydrogen-bond donors (Lipinski definition) is 3. The fourth-order valence-corrected chi connectivity index (χ4v) is 3.02. The molecule has 23 heavy (non-hydrogen) atoms. The summed E-state index contributed by atoms with van der Waals surface area (Å²) in [6.45, 7) is 1.38. The van der Waals surface area contributed by atoms with Gasteiger partial charge in [-0.2, -0.15) is 0 Å². The molecule has 0 bridgehead atoms. The highest BCUT2D eigenvalue weighted by atomic mass is 14.9. The van der Waals surface area contributed by atoms with Gasteiger partial charge in [0.1, 0.15) is 5.65 Å². The van der Waals surface area contributed by atoms with Gasteiger partial charge in [0.15, 0.2) is 0 Å². The van der Waals surface area contributed by atoms with Gasteiger partial charge in [0.05, 0.1) is 0 Å². The molecule has 4 nitrogen and oxygen atoms in total. The van der Waals surface area contributed by atoms with E-state index in [1.54, 1.807) is 0 Å². The lowest BCUT2D eigenvalue weighted by atomic mass is 10.0. The maximum atomic E-state index is 5.57. The van der Waals surface area contributed by atoms with Crippen molar-refractivity contribution < 1.29 is 0 Å². The third-order valence-electron chi connectivity index (χ3n) is 4.05. The maximum absolute atomic E-state index is 5.57. The van der Waals surface area contributed by atoms with Gasteiger partial charge in [-0.1, -0.05) is 30.3 Å². The van der Waals surface area contributed by atoms with E-state index >= 15 is 0 Å². The molecule has 0 radical (unpaired) electrons. The third-order valence-corrected chi connectivity index (χ3v) is 4.05. The summed E-state index contributed by atoms with van der Waals surface area (Å²) in [4.78, 5) is 7.88. The highest BCUT2D eigenvalue weighted by molar-refractivity contribution is 6.12. The molecule has 114 valence electrons. The number of nitrogens with zero attached hydrogens (tertiary/aromatic N) is 1. The highest BCUT2D eigenvalue weighted by Gasteiger charge is 2.11. The van der Waals surface area contributed by atoms with Crippen LogP contribution in [0, 0.1) is 0 Å². The Kier molecular flexibility index (Phi) is 3.44. The van der Waals surface area contributed by atoms with Gasteiger partial charge in [-0.05, 0) is 35.4 Å². The average Bonchev–Trinajstić information content (AvgIpc) is 2.99. The van der Waals surface area contributed by atoms with Crippen LogP contribution in [0.25, 0.3) is 33.1 Å². The molecule has 2 aromatic carbocycles. The van der Waals surface area contributed by atoms with Gasteiger partial charge in [-0.3, -0.25) is 0 Å². The Hall–Kier alpha value is -2.85. The standard InChI is InChI=1S/C19H18N4/c20-9-11-21-14-5-3-4-13(12-14)15-8-10-22-19-18(15)16-6-1-2-7-17(16)23-19/h1-8,10,12,21H,9,11,20H2,(H,22,23). The Morgan fingerprint density at radius 1 is 1.04 bits per heavy atom. The second-order valence-corrected chi connectivity index (χ2v) is 5.55. The monoisotopic (exact) mass is 302 g/mol. The second-order valence-electron chi connectivity index (χ2n) is 5.55. The van der Waals surface area contributed by atoms with Crippen molar-refractivity contribution in [2.45, 2.75) is 0 Å². The van der Waals surface area contributed by atoms with Gasteiger partial charge in [-0.25, -0.2) is 4.98 Å². The zero-order valence-corrected chi connectivity index (χ0v) is 12.7. The summed E-state index contributed by atoms with van der Waals surface area (Å²) in [7, 11) is 0. The smallest absolute Gasteiger partial charge is 0.138 e. The predicted molar refractivity (Wildman–Crippen MR) is 96.6 cm³/mol.